The Hall–Kier alpha value is -2.42. The molecule has 0 aliphatic carbocycles. The smallest absolute Gasteiger partial charge is 0.123 e. The van der Waals surface area contributed by atoms with Crippen LogP contribution in [0.15, 0.2) is 48.5 Å². The number of nitriles is 1. The summed E-state index contributed by atoms with van der Waals surface area (Å²) in [6.45, 7) is 7.01. The summed E-state index contributed by atoms with van der Waals surface area (Å²) in [6.07, 6.45) is 0. The molecule has 2 aliphatic heterocycles. The van der Waals surface area contributed by atoms with Crippen molar-refractivity contribution in [3.63, 3.8) is 0 Å². The highest BCUT2D eigenvalue weighted by Crippen LogP contribution is 2.31. The molecule has 2 aliphatic rings. The number of benzene rings is 2. The fraction of sp³-hybridized carbons (Fsp3) is 0.409. The molecule has 2 aromatic rings. The summed E-state index contributed by atoms with van der Waals surface area (Å²) in [4.78, 5) is 4.99. The third-order valence-electron chi connectivity index (χ3n) is 5.62. The molecule has 2 saturated heterocycles. The first-order valence-corrected chi connectivity index (χ1v) is 9.52. The molecular formula is C22H24FN3O. The summed E-state index contributed by atoms with van der Waals surface area (Å²) in [5.74, 6) is 2.09. The molecule has 2 unspecified atom stereocenters. The van der Waals surface area contributed by atoms with Crippen LogP contribution in [0.5, 0.6) is 5.75 Å². The molecule has 27 heavy (non-hydrogen) atoms. The Morgan fingerprint density at radius 2 is 1.56 bits per heavy atom. The van der Waals surface area contributed by atoms with Crippen molar-refractivity contribution in [2.45, 2.75) is 6.54 Å². The van der Waals surface area contributed by atoms with E-state index in [9.17, 15) is 4.39 Å². The Balaban J connectivity index is 1.19. The molecule has 0 N–H and O–H groups in total. The Labute approximate surface area is 159 Å². The van der Waals surface area contributed by atoms with Gasteiger partial charge in [-0.2, -0.15) is 5.26 Å². The number of halogens is 1. The second-order valence-electron chi connectivity index (χ2n) is 7.58. The lowest BCUT2D eigenvalue weighted by molar-refractivity contribution is 0.210. The number of likely N-dealkylation sites (tertiary alicyclic amines) is 2. The number of rotatable bonds is 6. The largest absolute Gasteiger partial charge is 0.492 e. The number of hydrogen-bond acceptors (Lipinski definition) is 4. The second kappa shape index (κ2) is 8.08. The molecule has 0 radical (unpaired) electrons. The molecule has 2 atom stereocenters. The molecular weight excluding hydrogens is 341 g/mol. The van der Waals surface area contributed by atoms with Crippen LogP contribution in [-0.2, 0) is 6.54 Å². The van der Waals surface area contributed by atoms with Gasteiger partial charge in [-0.15, -0.1) is 0 Å². The second-order valence-corrected chi connectivity index (χ2v) is 7.58. The number of hydrogen-bond donors (Lipinski definition) is 0. The van der Waals surface area contributed by atoms with Gasteiger partial charge in [0.2, 0.25) is 0 Å². The molecule has 2 aromatic carbocycles. The molecule has 0 saturated carbocycles. The molecule has 4 nitrogen and oxygen atoms in total. The first-order valence-electron chi connectivity index (χ1n) is 9.52. The fourth-order valence-corrected chi connectivity index (χ4v) is 4.27. The monoisotopic (exact) mass is 365 g/mol. The van der Waals surface area contributed by atoms with Gasteiger partial charge in [0.05, 0.1) is 11.6 Å². The van der Waals surface area contributed by atoms with Crippen LogP contribution < -0.4 is 4.74 Å². The SMILES string of the molecule is N#Cc1ccc(OCCN2CC3CN(Cc4ccc(F)cc4)CC3C2)cc1. The van der Waals surface area contributed by atoms with Gasteiger partial charge in [-0.3, -0.25) is 9.80 Å². The number of fused-ring (bicyclic) bond motifs is 1. The highest BCUT2D eigenvalue weighted by molar-refractivity contribution is 5.34. The van der Waals surface area contributed by atoms with Gasteiger partial charge in [0.15, 0.2) is 0 Å². The standard InChI is InChI=1S/C22H24FN3O/c23-21-5-1-18(2-6-21)12-26-15-19-13-25(14-20(19)16-26)9-10-27-22-7-3-17(11-24)4-8-22/h1-8,19-20H,9-10,12-16H2. The molecule has 0 amide bonds. The maximum absolute atomic E-state index is 13.0. The highest BCUT2D eigenvalue weighted by Gasteiger charge is 2.39. The predicted octanol–water partition coefficient (Wildman–Crippen LogP) is 3.14. The Bertz CT molecular complexity index is 786. The predicted molar refractivity (Wildman–Crippen MR) is 102 cm³/mol. The van der Waals surface area contributed by atoms with Gasteiger partial charge in [-0.05, 0) is 53.8 Å². The van der Waals surface area contributed by atoms with Gasteiger partial charge in [0.1, 0.15) is 18.2 Å². The topological polar surface area (TPSA) is 39.5 Å². The van der Waals surface area contributed by atoms with Crippen molar-refractivity contribution in [2.75, 3.05) is 39.3 Å². The lowest BCUT2D eigenvalue weighted by Crippen LogP contribution is -2.31. The van der Waals surface area contributed by atoms with E-state index < -0.39 is 0 Å². The van der Waals surface area contributed by atoms with Crippen LogP contribution in [-0.4, -0.2) is 49.1 Å². The summed E-state index contributed by atoms with van der Waals surface area (Å²) in [5.41, 5.74) is 1.84. The van der Waals surface area contributed by atoms with E-state index in [1.807, 2.05) is 24.3 Å². The molecule has 2 fully saturated rings. The molecule has 2 heterocycles. The minimum atomic E-state index is -0.170. The molecule has 5 heteroatoms. The summed E-state index contributed by atoms with van der Waals surface area (Å²) < 4.78 is 18.8. The van der Waals surface area contributed by atoms with Crippen molar-refractivity contribution >= 4 is 0 Å². The van der Waals surface area contributed by atoms with Crippen LogP contribution in [0.4, 0.5) is 4.39 Å². The minimum Gasteiger partial charge on any atom is -0.492 e. The lowest BCUT2D eigenvalue weighted by atomic mass is 10.0. The maximum atomic E-state index is 13.0. The Morgan fingerprint density at radius 3 is 2.19 bits per heavy atom. The molecule has 0 spiro atoms. The van der Waals surface area contributed by atoms with E-state index in [0.29, 0.717) is 12.2 Å². The third kappa shape index (κ3) is 4.47. The zero-order valence-electron chi connectivity index (χ0n) is 15.4. The number of nitrogens with zero attached hydrogens (tertiary/aromatic N) is 3. The van der Waals surface area contributed by atoms with Crippen molar-refractivity contribution < 1.29 is 9.13 Å². The highest BCUT2D eigenvalue weighted by atomic mass is 19.1. The van der Waals surface area contributed by atoms with Crippen molar-refractivity contribution in [1.29, 1.82) is 5.26 Å². The van der Waals surface area contributed by atoms with E-state index in [1.165, 1.54) is 5.56 Å². The zero-order chi connectivity index (χ0) is 18.6. The van der Waals surface area contributed by atoms with Crippen LogP contribution >= 0.6 is 0 Å². The lowest BCUT2D eigenvalue weighted by Gasteiger charge is -2.21. The minimum absolute atomic E-state index is 0.170. The van der Waals surface area contributed by atoms with E-state index in [4.69, 9.17) is 10.00 Å². The average Bonchev–Trinajstić information content (AvgIpc) is 3.22. The first-order chi connectivity index (χ1) is 13.2. The summed E-state index contributed by atoms with van der Waals surface area (Å²) >= 11 is 0. The third-order valence-corrected chi connectivity index (χ3v) is 5.62. The molecule has 4 rings (SSSR count). The van der Waals surface area contributed by atoms with Crippen LogP contribution in [0.1, 0.15) is 11.1 Å². The van der Waals surface area contributed by atoms with Crippen molar-refractivity contribution in [3.05, 3.63) is 65.5 Å². The molecule has 0 aromatic heterocycles. The Kier molecular flexibility index (Phi) is 5.38. The van der Waals surface area contributed by atoms with E-state index in [1.54, 1.807) is 24.3 Å². The molecule has 0 bridgehead atoms. The van der Waals surface area contributed by atoms with Gasteiger partial charge in [0.25, 0.3) is 0 Å². The van der Waals surface area contributed by atoms with Crippen molar-refractivity contribution in [1.82, 2.24) is 9.80 Å². The number of ether oxygens (including phenoxy) is 1. The van der Waals surface area contributed by atoms with E-state index in [-0.39, 0.29) is 5.82 Å². The normalized spacial score (nSPS) is 22.5. The van der Waals surface area contributed by atoms with Crippen LogP contribution in [0.25, 0.3) is 0 Å². The summed E-state index contributed by atoms with van der Waals surface area (Å²) in [7, 11) is 0. The van der Waals surface area contributed by atoms with E-state index in [2.05, 4.69) is 15.9 Å². The van der Waals surface area contributed by atoms with Crippen LogP contribution in [0.3, 0.4) is 0 Å². The van der Waals surface area contributed by atoms with Gasteiger partial charge >= 0.3 is 0 Å². The van der Waals surface area contributed by atoms with Gasteiger partial charge < -0.3 is 4.74 Å². The van der Waals surface area contributed by atoms with E-state index in [0.717, 1.165) is 56.9 Å². The van der Waals surface area contributed by atoms with Crippen LogP contribution in [0.2, 0.25) is 0 Å². The molecule has 140 valence electrons. The average molecular weight is 365 g/mol. The quantitative estimate of drug-likeness (QED) is 0.788. The fourth-order valence-electron chi connectivity index (χ4n) is 4.27. The van der Waals surface area contributed by atoms with Crippen molar-refractivity contribution in [2.24, 2.45) is 11.8 Å². The Morgan fingerprint density at radius 1 is 0.926 bits per heavy atom. The maximum Gasteiger partial charge on any atom is 0.123 e. The summed E-state index contributed by atoms with van der Waals surface area (Å²) in [5, 5.41) is 8.82. The van der Waals surface area contributed by atoms with Crippen LogP contribution in [0, 0.1) is 29.0 Å². The van der Waals surface area contributed by atoms with Gasteiger partial charge in [0, 0.05) is 39.3 Å². The zero-order valence-corrected chi connectivity index (χ0v) is 15.4. The van der Waals surface area contributed by atoms with Gasteiger partial charge in [-0.1, -0.05) is 12.1 Å². The summed E-state index contributed by atoms with van der Waals surface area (Å²) in [6, 6.07) is 16.2. The van der Waals surface area contributed by atoms with Crippen molar-refractivity contribution in [3.8, 4) is 11.8 Å². The first kappa shape index (κ1) is 18.0. The van der Waals surface area contributed by atoms with Gasteiger partial charge in [-0.25, -0.2) is 4.39 Å². The van der Waals surface area contributed by atoms with E-state index >= 15 is 0 Å².